The molecule has 2 N–H and O–H groups in total. The van der Waals surface area contributed by atoms with Crippen molar-refractivity contribution in [2.45, 2.75) is 157 Å². The number of rotatable bonds is 10. The molecule has 0 amide bonds. The third-order valence-electron chi connectivity index (χ3n) is 19.4. The minimum Gasteiger partial charge on any atom is -0.481 e. The second-order valence-electron chi connectivity index (χ2n) is 22.3. The Labute approximate surface area is 332 Å². The first-order valence-corrected chi connectivity index (χ1v) is 24.1. The topological polar surface area (TPSA) is 113 Å². The molecule has 6 saturated carbocycles. The van der Waals surface area contributed by atoms with Crippen molar-refractivity contribution in [1.82, 2.24) is 10.2 Å². The van der Waals surface area contributed by atoms with Crippen LogP contribution in [-0.2, 0) is 24.2 Å². The predicted molar refractivity (Wildman–Crippen MR) is 215 cm³/mol. The molecule has 0 spiro atoms. The summed E-state index contributed by atoms with van der Waals surface area (Å²) in [4.78, 5) is 27.5. The van der Waals surface area contributed by atoms with Crippen LogP contribution in [0.1, 0.15) is 139 Å². The van der Waals surface area contributed by atoms with E-state index in [-0.39, 0.29) is 62.7 Å². The molecule has 0 bridgehead atoms. The number of fused-ring (bicyclic) bond motifs is 7. The highest BCUT2D eigenvalue weighted by Gasteiger charge is 2.71. The lowest BCUT2D eigenvalue weighted by Crippen LogP contribution is -2.69. The lowest BCUT2D eigenvalue weighted by molar-refractivity contribution is -0.249. The lowest BCUT2D eigenvalue weighted by atomic mass is 9.32. The van der Waals surface area contributed by atoms with Gasteiger partial charge in [-0.2, -0.15) is 0 Å². The number of nitrogens with zero attached hydrogens (tertiary/aromatic N) is 1. The van der Waals surface area contributed by atoms with Gasteiger partial charge in [-0.25, -0.2) is 12.8 Å². The molecule has 55 heavy (non-hydrogen) atoms. The highest BCUT2D eigenvalue weighted by molar-refractivity contribution is 7.91. The fraction of sp³-hybridized carbons (Fsp3) is 0.956. The normalized spacial score (nSPS) is 46.3. The summed E-state index contributed by atoms with van der Waals surface area (Å²) in [5.41, 5.74) is -0.0724. The van der Waals surface area contributed by atoms with Gasteiger partial charge in [-0.15, -0.1) is 0 Å². The summed E-state index contributed by atoms with van der Waals surface area (Å²) in [6, 6.07) is -0.225. The molecule has 0 aromatic rings. The van der Waals surface area contributed by atoms with Crippen LogP contribution >= 0.6 is 0 Å². The van der Waals surface area contributed by atoms with Crippen LogP contribution in [0.3, 0.4) is 0 Å². The van der Waals surface area contributed by atoms with E-state index >= 15 is 0 Å². The highest BCUT2D eigenvalue weighted by atomic mass is 32.2. The van der Waals surface area contributed by atoms with Crippen LogP contribution in [-0.4, -0.2) is 85.9 Å². The van der Waals surface area contributed by atoms with Crippen LogP contribution in [0.4, 0.5) is 4.39 Å². The Morgan fingerprint density at radius 1 is 0.836 bits per heavy atom. The molecule has 1 heterocycles. The number of carboxylic acid groups (broad SMARTS) is 1. The smallest absolute Gasteiger partial charge is 0.309 e. The molecular weight excluding hydrogens is 716 g/mol. The van der Waals surface area contributed by atoms with E-state index in [4.69, 9.17) is 4.74 Å². The van der Waals surface area contributed by atoms with E-state index in [0.717, 1.165) is 25.8 Å². The summed E-state index contributed by atoms with van der Waals surface area (Å²) in [5, 5.41) is 13.8. The van der Waals surface area contributed by atoms with Gasteiger partial charge in [0.15, 0.2) is 9.84 Å². The SMILES string of the molecule is CC(C)[C@@H]1CC[C@]2(NCCC(CF)N3CCS(=O)(=O)CC3)CC[C@]3(C)[C@H](CC[C@@H]4[C@@]5(C)CC[C@H](OC(=O)[C@H]6C[C@@H](C(=O)O)C6(C)C)C(C)(C)[C@@H]5CC[C@]43C)[C@@H]12. The van der Waals surface area contributed by atoms with Gasteiger partial charge in [0.2, 0.25) is 0 Å². The number of hydrogen-bond acceptors (Lipinski definition) is 7. The Kier molecular flexibility index (Phi) is 10.8. The van der Waals surface area contributed by atoms with E-state index in [9.17, 15) is 27.5 Å². The summed E-state index contributed by atoms with van der Waals surface area (Å²) >= 11 is 0. The Morgan fingerprint density at radius 2 is 1.53 bits per heavy atom. The van der Waals surface area contributed by atoms with E-state index in [0.29, 0.717) is 61.4 Å². The largest absolute Gasteiger partial charge is 0.481 e. The second-order valence-corrected chi connectivity index (χ2v) is 24.6. The highest BCUT2D eigenvalue weighted by Crippen LogP contribution is 2.76. The summed E-state index contributed by atoms with van der Waals surface area (Å²) in [5.74, 6) is 1.99. The molecule has 0 aromatic heterocycles. The Hall–Kier alpha value is -1.26. The molecule has 0 aromatic carbocycles. The molecule has 7 aliphatic rings. The second kappa shape index (κ2) is 14.2. The monoisotopic (exact) mass is 791 g/mol. The van der Waals surface area contributed by atoms with Crippen molar-refractivity contribution >= 4 is 21.8 Å². The first-order valence-electron chi connectivity index (χ1n) is 22.3. The van der Waals surface area contributed by atoms with Crippen molar-refractivity contribution in [2.75, 3.05) is 37.8 Å². The molecular formula is C45H75FN2O6S. The molecule has 10 heteroatoms. The van der Waals surface area contributed by atoms with E-state index in [1.165, 1.54) is 44.9 Å². The summed E-state index contributed by atoms with van der Waals surface area (Å²) < 4.78 is 45.0. The fourth-order valence-electron chi connectivity index (χ4n) is 15.8. The van der Waals surface area contributed by atoms with Crippen molar-refractivity contribution in [3.63, 3.8) is 0 Å². The zero-order chi connectivity index (χ0) is 40.1. The van der Waals surface area contributed by atoms with Gasteiger partial charge < -0.3 is 15.2 Å². The molecule has 314 valence electrons. The van der Waals surface area contributed by atoms with Crippen LogP contribution in [0, 0.1) is 74.4 Å². The van der Waals surface area contributed by atoms with Crippen molar-refractivity contribution in [3.05, 3.63) is 0 Å². The predicted octanol–water partition coefficient (Wildman–Crippen LogP) is 8.18. The number of nitrogens with one attached hydrogen (secondary N) is 1. The number of ether oxygens (including phenoxy) is 1. The quantitative estimate of drug-likeness (QED) is 0.213. The van der Waals surface area contributed by atoms with E-state index < -0.39 is 33.8 Å². The van der Waals surface area contributed by atoms with Gasteiger partial charge in [-0.1, -0.05) is 62.3 Å². The number of carbonyl (C=O) groups is 2. The van der Waals surface area contributed by atoms with Crippen molar-refractivity contribution in [1.29, 1.82) is 0 Å². The minimum absolute atomic E-state index is 0.0823. The molecule has 6 aliphatic carbocycles. The van der Waals surface area contributed by atoms with Gasteiger partial charge in [0.05, 0.1) is 23.3 Å². The van der Waals surface area contributed by atoms with Crippen LogP contribution in [0.2, 0.25) is 0 Å². The van der Waals surface area contributed by atoms with Crippen LogP contribution in [0.15, 0.2) is 0 Å². The average Bonchev–Trinajstić information content (AvgIpc) is 3.48. The summed E-state index contributed by atoms with van der Waals surface area (Å²) in [7, 11) is -3.00. The number of hydrogen-bond donors (Lipinski definition) is 2. The molecule has 1 saturated heterocycles. The summed E-state index contributed by atoms with van der Waals surface area (Å²) in [6.45, 7) is 22.5. The summed E-state index contributed by atoms with van der Waals surface area (Å²) in [6.07, 6.45) is 12.5. The van der Waals surface area contributed by atoms with Gasteiger partial charge in [0.1, 0.15) is 12.8 Å². The number of sulfone groups is 1. The maximum atomic E-state index is 14.4. The molecule has 7 rings (SSSR count). The van der Waals surface area contributed by atoms with Gasteiger partial charge in [0, 0.05) is 30.1 Å². The number of aliphatic carboxylic acids is 1. The van der Waals surface area contributed by atoms with Crippen molar-refractivity contribution < 1.29 is 32.2 Å². The Balaban J connectivity index is 1.07. The standard InChI is InChI=1S/C45H75FN2O6S/c1-28(2)30-12-18-45(47-21-15-29(27-46)48-22-24-55(52,53)25-23-48)20-19-43(8)31(37(30)45)10-11-35-42(7)16-14-36(41(5,6)34(42)13-17-44(35,43)9)54-39(51)33-26-32(38(49)50)40(33,3)4/h28-37,47H,10-27H2,1-9H3,(H,49,50)/t29?,30-,31+,32-,33+,34-,35+,36-,37+,42-,43+,44+,45-/m0/s1. The number of carboxylic acids is 1. The Bertz CT molecular complexity index is 1590. The third kappa shape index (κ3) is 6.48. The van der Waals surface area contributed by atoms with Crippen molar-refractivity contribution in [2.24, 2.45) is 74.4 Å². The molecule has 13 atom stereocenters. The molecule has 0 radical (unpaired) electrons. The first kappa shape index (κ1) is 41.9. The van der Waals surface area contributed by atoms with Crippen LogP contribution in [0.25, 0.3) is 0 Å². The minimum atomic E-state index is -3.00. The van der Waals surface area contributed by atoms with Crippen LogP contribution < -0.4 is 5.32 Å². The van der Waals surface area contributed by atoms with Crippen LogP contribution in [0.5, 0.6) is 0 Å². The number of halogens is 1. The van der Waals surface area contributed by atoms with Crippen molar-refractivity contribution in [3.8, 4) is 0 Å². The maximum Gasteiger partial charge on any atom is 0.309 e. The zero-order valence-electron chi connectivity index (χ0n) is 35.7. The van der Waals surface area contributed by atoms with Gasteiger partial charge in [0.25, 0.3) is 0 Å². The molecule has 8 nitrogen and oxygen atoms in total. The van der Waals surface area contributed by atoms with Gasteiger partial charge in [-0.05, 0) is 141 Å². The fourth-order valence-corrected chi connectivity index (χ4v) is 17.0. The van der Waals surface area contributed by atoms with E-state index in [2.05, 4.69) is 58.7 Å². The maximum absolute atomic E-state index is 14.4. The van der Waals surface area contributed by atoms with E-state index in [1.807, 2.05) is 13.8 Å². The Morgan fingerprint density at radius 3 is 2.15 bits per heavy atom. The first-order chi connectivity index (χ1) is 25.6. The van der Waals surface area contributed by atoms with Gasteiger partial charge >= 0.3 is 11.9 Å². The average molecular weight is 791 g/mol. The van der Waals surface area contributed by atoms with E-state index in [1.54, 1.807) is 0 Å². The molecule has 1 unspecified atom stereocenters. The molecule has 7 fully saturated rings. The number of carbonyl (C=O) groups excluding carboxylic acids is 1. The lowest BCUT2D eigenvalue weighted by Gasteiger charge is -2.73. The van der Waals surface area contributed by atoms with Gasteiger partial charge in [-0.3, -0.25) is 14.5 Å². The zero-order valence-corrected chi connectivity index (χ0v) is 36.5. The third-order valence-corrected chi connectivity index (χ3v) is 21.0. The number of esters is 1. The number of alkyl halides is 1. The molecule has 1 aliphatic heterocycles.